The van der Waals surface area contributed by atoms with Crippen LogP contribution in [-0.4, -0.2) is 32.2 Å². The van der Waals surface area contributed by atoms with Gasteiger partial charge in [0.15, 0.2) is 5.16 Å². The molecular formula is C22H25N3O3S2. The van der Waals surface area contributed by atoms with Crippen LogP contribution in [0.25, 0.3) is 10.2 Å². The molecule has 3 aromatic heterocycles. The molecule has 0 N–H and O–H groups in total. The minimum absolute atomic E-state index is 0.0134. The maximum atomic E-state index is 13.0. The first kappa shape index (κ1) is 19.9. The van der Waals surface area contributed by atoms with Gasteiger partial charge in [-0.3, -0.25) is 14.2 Å². The summed E-state index contributed by atoms with van der Waals surface area (Å²) in [6.45, 7) is 2.41. The van der Waals surface area contributed by atoms with Crippen molar-refractivity contribution in [3.05, 3.63) is 44.4 Å². The zero-order valence-corrected chi connectivity index (χ0v) is 18.9. The first-order valence-electron chi connectivity index (χ1n) is 10.5. The normalized spacial score (nSPS) is 16.1. The van der Waals surface area contributed by atoms with Crippen LogP contribution >= 0.6 is 23.1 Å². The number of furan rings is 1. The lowest BCUT2D eigenvalue weighted by atomic mass is 9.97. The van der Waals surface area contributed by atoms with Gasteiger partial charge in [0.1, 0.15) is 16.4 Å². The average Bonchev–Trinajstić information content (AvgIpc) is 3.39. The van der Waals surface area contributed by atoms with Crippen molar-refractivity contribution in [3.8, 4) is 0 Å². The fourth-order valence-electron chi connectivity index (χ4n) is 4.15. The van der Waals surface area contributed by atoms with Crippen molar-refractivity contribution in [2.24, 2.45) is 7.05 Å². The Bertz CT molecular complexity index is 1170. The quantitative estimate of drug-likeness (QED) is 0.425. The summed E-state index contributed by atoms with van der Waals surface area (Å²) in [6, 6.07) is 4.16. The van der Waals surface area contributed by atoms with E-state index >= 15 is 0 Å². The molecule has 30 heavy (non-hydrogen) atoms. The second kappa shape index (κ2) is 7.89. The van der Waals surface area contributed by atoms with Crippen LogP contribution in [0.2, 0.25) is 0 Å². The smallest absolute Gasteiger partial charge is 0.262 e. The largest absolute Gasteiger partial charge is 0.464 e. The Morgan fingerprint density at radius 2 is 2.13 bits per heavy atom. The van der Waals surface area contributed by atoms with E-state index < -0.39 is 0 Å². The van der Waals surface area contributed by atoms with Crippen molar-refractivity contribution in [1.29, 1.82) is 0 Å². The topological polar surface area (TPSA) is 68.3 Å². The number of thioether (sulfide) groups is 1. The molecule has 0 spiro atoms. The molecule has 158 valence electrons. The summed E-state index contributed by atoms with van der Waals surface area (Å²) in [4.78, 5) is 34.8. The molecular weight excluding hydrogens is 418 g/mol. The summed E-state index contributed by atoms with van der Waals surface area (Å²) in [7, 11) is 1.76. The zero-order valence-electron chi connectivity index (χ0n) is 17.3. The third kappa shape index (κ3) is 3.71. The summed E-state index contributed by atoms with van der Waals surface area (Å²) in [5.74, 6) is 2.01. The number of hydrogen-bond donors (Lipinski definition) is 0. The molecule has 5 rings (SSSR count). The van der Waals surface area contributed by atoms with Crippen LogP contribution in [0.4, 0.5) is 0 Å². The van der Waals surface area contributed by atoms with E-state index in [-0.39, 0.29) is 17.2 Å². The fraction of sp³-hybridized carbons (Fsp3) is 0.500. The van der Waals surface area contributed by atoms with Gasteiger partial charge >= 0.3 is 0 Å². The molecule has 0 atom stereocenters. The highest BCUT2D eigenvalue weighted by molar-refractivity contribution is 7.99. The molecule has 2 aliphatic carbocycles. The van der Waals surface area contributed by atoms with Crippen LogP contribution in [0.5, 0.6) is 0 Å². The van der Waals surface area contributed by atoms with Crippen molar-refractivity contribution in [3.63, 3.8) is 0 Å². The molecule has 0 saturated heterocycles. The minimum atomic E-state index is 0.0134. The highest BCUT2D eigenvalue weighted by Gasteiger charge is 2.33. The van der Waals surface area contributed by atoms with Crippen molar-refractivity contribution in [2.45, 2.75) is 63.2 Å². The number of aromatic nitrogens is 2. The van der Waals surface area contributed by atoms with E-state index in [1.54, 1.807) is 23.0 Å². The van der Waals surface area contributed by atoms with Gasteiger partial charge < -0.3 is 9.32 Å². The second-order valence-electron chi connectivity index (χ2n) is 8.20. The van der Waals surface area contributed by atoms with Crippen LogP contribution in [0.15, 0.2) is 26.5 Å². The molecule has 8 heteroatoms. The summed E-state index contributed by atoms with van der Waals surface area (Å²) in [6.07, 6.45) is 6.42. The summed E-state index contributed by atoms with van der Waals surface area (Å²) in [5, 5.41) is 1.41. The van der Waals surface area contributed by atoms with Crippen molar-refractivity contribution in [2.75, 3.05) is 5.75 Å². The van der Waals surface area contributed by atoms with Gasteiger partial charge in [0.05, 0.1) is 17.7 Å². The van der Waals surface area contributed by atoms with E-state index in [1.165, 1.54) is 28.6 Å². The van der Waals surface area contributed by atoms with E-state index in [1.807, 2.05) is 24.0 Å². The first-order valence-corrected chi connectivity index (χ1v) is 12.3. The number of carbonyl (C=O) groups excluding carboxylic acids is 1. The molecule has 0 bridgehead atoms. The van der Waals surface area contributed by atoms with Gasteiger partial charge in [-0.2, -0.15) is 0 Å². The molecule has 0 radical (unpaired) electrons. The molecule has 1 fully saturated rings. The molecule has 3 aromatic rings. The fourth-order valence-corrected chi connectivity index (χ4v) is 6.31. The van der Waals surface area contributed by atoms with Crippen LogP contribution in [0, 0.1) is 6.92 Å². The number of aryl methyl sites for hydroxylation is 3. The number of amides is 1. The summed E-state index contributed by atoms with van der Waals surface area (Å²) in [5.41, 5.74) is 1.22. The zero-order chi connectivity index (χ0) is 20.8. The van der Waals surface area contributed by atoms with Gasteiger partial charge in [-0.15, -0.1) is 11.3 Å². The molecule has 6 nitrogen and oxygen atoms in total. The monoisotopic (exact) mass is 443 g/mol. The molecule has 0 aliphatic heterocycles. The van der Waals surface area contributed by atoms with E-state index in [2.05, 4.69) is 0 Å². The van der Waals surface area contributed by atoms with Gasteiger partial charge in [0.2, 0.25) is 5.91 Å². The number of nitrogens with zero attached hydrogens (tertiary/aromatic N) is 3. The molecule has 0 aromatic carbocycles. The lowest BCUT2D eigenvalue weighted by Crippen LogP contribution is -2.34. The maximum Gasteiger partial charge on any atom is 0.262 e. The maximum absolute atomic E-state index is 13.0. The number of fused-ring (bicyclic) bond motifs is 3. The summed E-state index contributed by atoms with van der Waals surface area (Å²) < 4.78 is 7.28. The van der Waals surface area contributed by atoms with Gasteiger partial charge in [-0.1, -0.05) is 11.8 Å². The van der Waals surface area contributed by atoms with Gasteiger partial charge in [-0.05, 0) is 63.1 Å². The van der Waals surface area contributed by atoms with Gasteiger partial charge in [-0.25, -0.2) is 4.98 Å². The average molecular weight is 444 g/mol. The lowest BCUT2D eigenvalue weighted by molar-refractivity contribution is -0.129. The molecule has 2 aliphatic rings. The van der Waals surface area contributed by atoms with Crippen molar-refractivity contribution < 1.29 is 9.21 Å². The second-order valence-corrected chi connectivity index (χ2v) is 10.2. The number of thiophene rings is 1. The summed E-state index contributed by atoms with van der Waals surface area (Å²) >= 11 is 3.01. The SMILES string of the molecule is Cc1ccc(CN(C(=O)CSc2nc3sc4c(c3c(=O)n2C)CCCC4)C2CC2)o1. The Kier molecular flexibility index (Phi) is 5.23. The van der Waals surface area contributed by atoms with Crippen LogP contribution in [-0.2, 0) is 31.2 Å². The lowest BCUT2D eigenvalue weighted by Gasteiger charge is -2.21. The highest BCUT2D eigenvalue weighted by Crippen LogP contribution is 2.35. The predicted molar refractivity (Wildman–Crippen MR) is 119 cm³/mol. The molecule has 3 heterocycles. The van der Waals surface area contributed by atoms with Gasteiger partial charge in [0.25, 0.3) is 5.56 Å². The van der Waals surface area contributed by atoms with Crippen LogP contribution < -0.4 is 5.56 Å². The van der Waals surface area contributed by atoms with Gasteiger partial charge in [0, 0.05) is 18.0 Å². The predicted octanol–water partition coefficient (Wildman–Crippen LogP) is 4.06. The molecule has 1 amide bonds. The standard InChI is InChI=1S/C22H25N3O3S2/c1-13-7-10-15(28-13)11-25(14-8-9-14)18(26)12-29-22-23-20-19(21(27)24(22)2)16-5-3-4-6-17(16)30-20/h7,10,14H,3-6,8-9,11-12H2,1-2H3. The van der Waals surface area contributed by atoms with E-state index in [4.69, 9.17) is 9.40 Å². The van der Waals surface area contributed by atoms with Crippen LogP contribution in [0.3, 0.4) is 0 Å². The van der Waals surface area contributed by atoms with E-state index in [9.17, 15) is 9.59 Å². The Hall–Kier alpha value is -2.06. The Balaban J connectivity index is 1.35. The third-order valence-corrected chi connectivity index (χ3v) is 8.11. The van der Waals surface area contributed by atoms with Crippen LogP contribution in [0.1, 0.15) is 47.6 Å². The number of hydrogen-bond acceptors (Lipinski definition) is 6. The third-order valence-electron chi connectivity index (χ3n) is 5.91. The minimum Gasteiger partial charge on any atom is -0.464 e. The highest BCUT2D eigenvalue weighted by atomic mass is 32.2. The van der Waals surface area contributed by atoms with E-state index in [0.29, 0.717) is 17.7 Å². The van der Waals surface area contributed by atoms with Crippen molar-refractivity contribution >= 4 is 39.2 Å². The number of rotatable bonds is 6. The Morgan fingerprint density at radius 3 is 2.87 bits per heavy atom. The van der Waals surface area contributed by atoms with E-state index in [0.717, 1.165) is 53.8 Å². The molecule has 1 saturated carbocycles. The van der Waals surface area contributed by atoms with Crippen molar-refractivity contribution in [1.82, 2.24) is 14.5 Å². The number of carbonyl (C=O) groups is 1. The first-order chi connectivity index (χ1) is 14.5. The Morgan fingerprint density at radius 1 is 1.33 bits per heavy atom. The Labute approximate surface area is 183 Å². The molecule has 0 unspecified atom stereocenters.